The number of nitrogens with zero attached hydrogens (tertiary/aromatic N) is 1. The highest BCUT2D eigenvalue weighted by molar-refractivity contribution is 5.81. The van der Waals surface area contributed by atoms with Crippen molar-refractivity contribution in [3.63, 3.8) is 0 Å². The molecule has 0 aromatic heterocycles. The van der Waals surface area contributed by atoms with Crippen LogP contribution in [-0.4, -0.2) is 24.3 Å². The molecule has 1 fully saturated rings. The molecule has 2 rings (SSSR count). The van der Waals surface area contributed by atoms with Crippen molar-refractivity contribution in [3.05, 3.63) is 35.4 Å². The van der Waals surface area contributed by atoms with Gasteiger partial charge in [-0.2, -0.15) is 0 Å². The molecule has 0 amide bonds. The Bertz CT molecular complexity index is 410. The minimum absolute atomic E-state index is 0.262. The van der Waals surface area contributed by atoms with Crippen LogP contribution in [0.5, 0.6) is 0 Å². The normalized spacial score (nSPS) is 20.6. The van der Waals surface area contributed by atoms with Gasteiger partial charge >= 0.3 is 0 Å². The van der Waals surface area contributed by atoms with E-state index >= 15 is 0 Å². The van der Waals surface area contributed by atoms with E-state index in [0.29, 0.717) is 5.78 Å². The van der Waals surface area contributed by atoms with E-state index in [9.17, 15) is 4.79 Å². The van der Waals surface area contributed by atoms with E-state index in [0.717, 1.165) is 32.4 Å². The maximum Gasteiger partial charge on any atom is 0.137 e. The molecule has 104 valence electrons. The molecule has 2 nitrogen and oxygen atoms in total. The number of carbonyl (C=O) groups excluding carboxylic acids is 1. The van der Waals surface area contributed by atoms with Gasteiger partial charge in [0, 0.05) is 25.4 Å². The molecule has 0 N–H and O–H groups in total. The standard InChI is InChI=1S/C17H25NO/c1-14-8-10-15(11-9-14)12-18(2)13-16-6-4-3-5-7-17(16)19/h8-11,16H,3-7,12-13H2,1-2H3. The van der Waals surface area contributed by atoms with E-state index in [1.54, 1.807) is 0 Å². The molecule has 2 heteroatoms. The van der Waals surface area contributed by atoms with Crippen LogP contribution in [0, 0.1) is 12.8 Å². The molecule has 1 aliphatic carbocycles. The summed E-state index contributed by atoms with van der Waals surface area (Å²) in [7, 11) is 2.12. The van der Waals surface area contributed by atoms with Crippen molar-refractivity contribution in [2.75, 3.05) is 13.6 Å². The van der Waals surface area contributed by atoms with Gasteiger partial charge in [-0.3, -0.25) is 4.79 Å². The van der Waals surface area contributed by atoms with Gasteiger partial charge in [-0.1, -0.05) is 42.7 Å². The molecule has 19 heavy (non-hydrogen) atoms. The van der Waals surface area contributed by atoms with Gasteiger partial charge in [-0.15, -0.1) is 0 Å². The summed E-state index contributed by atoms with van der Waals surface area (Å²) in [5.41, 5.74) is 2.62. The van der Waals surface area contributed by atoms with Crippen LogP contribution in [0.3, 0.4) is 0 Å². The highest BCUT2D eigenvalue weighted by atomic mass is 16.1. The van der Waals surface area contributed by atoms with Crippen molar-refractivity contribution >= 4 is 5.78 Å². The van der Waals surface area contributed by atoms with E-state index in [1.807, 2.05) is 0 Å². The van der Waals surface area contributed by atoms with E-state index in [-0.39, 0.29) is 5.92 Å². The van der Waals surface area contributed by atoms with E-state index in [1.165, 1.54) is 24.0 Å². The molecule has 1 aliphatic rings. The third kappa shape index (κ3) is 4.46. The average molecular weight is 259 g/mol. The van der Waals surface area contributed by atoms with Crippen molar-refractivity contribution in [2.45, 2.75) is 45.6 Å². The zero-order valence-electron chi connectivity index (χ0n) is 12.2. The average Bonchev–Trinajstić information content (AvgIpc) is 2.58. The predicted octanol–water partition coefficient (Wildman–Crippen LogP) is 3.58. The van der Waals surface area contributed by atoms with Crippen LogP contribution in [0.25, 0.3) is 0 Å². The number of carbonyl (C=O) groups is 1. The van der Waals surface area contributed by atoms with Crippen LogP contribution in [0.4, 0.5) is 0 Å². The van der Waals surface area contributed by atoms with E-state index < -0.39 is 0 Å². The van der Waals surface area contributed by atoms with E-state index in [4.69, 9.17) is 0 Å². The maximum absolute atomic E-state index is 12.0. The highest BCUT2D eigenvalue weighted by Crippen LogP contribution is 2.21. The quantitative estimate of drug-likeness (QED) is 0.770. The zero-order chi connectivity index (χ0) is 13.7. The van der Waals surface area contributed by atoms with Crippen molar-refractivity contribution in [2.24, 2.45) is 5.92 Å². The Balaban J connectivity index is 1.87. The van der Waals surface area contributed by atoms with Crippen LogP contribution >= 0.6 is 0 Å². The lowest BCUT2D eigenvalue weighted by Crippen LogP contribution is -2.29. The minimum atomic E-state index is 0.262. The summed E-state index contributed by atoms with van der Waals surface area (Å²) in [6.07, 6.45) is 5.41. The van der Waals surface area contributed by atoms with Gasteiger partial charge in [-0.05, 0) is 32.4 Å². The summed E-state index contributed by atoms with van der Waals surface area (Å²) in [5, 5.41) is 0. The highest BCUT2D eigenvalue weighted by Gasteiger charge is 2.21. The second kappa shape index (κ2) is 6.85. The largest absolute Gasteiger partial charge is 0.301 e. The van der Waals surface area contributed by atoms with Crippen LogP contribution in [0.1, 0.15) is 43.2 Å². The molecule has 1 unspecified atom stereocenters. The molecule has 1 aromatic carbocycles. The maximum atomic E-state index is 12.0. The molecule has 0 spiro atoms. The number of Topliss-reactive ketones (excluding diaryl/α,β-unsaturated/α-hetero) is 1. The van der Waals surface area contributed by atoms with Crippen molar-refractivity contribution < 1.29 is 4.79 Å². The summed E-state index contributed by atoms with van der Waals surface area (Å²) < 4.78 is 0. The Morgan fingerprint density at radius 1 is 1.16 bits per heavy atom. The Kier molecular flexibility index (Phi) is 5.15. The van der Waals surface area contributed by atoms with Crippen molar-refractivity contribution in [1.29, 1.82) is 0 Å². The fraction of sp³-hybridized carbons (Fsp3) is 0.588. The fourth-order valence-electron chi connectivity index (χ4n) is 2.87. The van der Waals surface area contributed by atoms with Crippen LogP contribution in [0.2, 0.25) is 0 Å². The van der Waals surface area contributed by atoms with Gasteiger partial charge in [0.05, 0.1) is 0 Å². The number of benzene rings is 1. The van der Waals surface area contributed by atoms with Gasteiger partial charge in [0.25, 0.3) is 0 Å². The van der Waals surface area contributed by atoms with Crippen molar-refractivity contribution in [3.8, 4) is 0 Å². The summed E-state index contributed by atoms with van der Waals surface area (Å²) in [5.74, 6) is 0.742. The molecule has 1 atom stereocenters. The third-order valence-electron chi connectivity index (χ3n) is 4.04. The molecule has 1 saturated carbocycles. The Labute approximate surface area is 116 Å². The Morgan fingerprint density at radius 2 is 1.89 bits per heavy atom. The molecule has 0 saturated heterocycles. The van der Waals surface area contributed by atoms with Gasteiger partial charge in [0.2, 0.25) is 0 Å². The minimum Gasteiger partial charge on any atom is -0.301 e. The lowest BCUT2D eigenvalue weighted by atomic mass is 9.98. The first-order valence-electron chi connectivity index (χ1n) is 7.42. The molecular weight excluding hydrogens is 234 g/mol. The molecular formula is C17H25NO. The monoisotopic (exact) mass is 259 g/mol. The second-order valence-electron chi connectivity index (χ2n) is 5.94. The fourth-order valence-corrected chi connectivity index (χ4v) is 2.87. The first kappa shape index (κ1) is 14.3. The summed E-state index contributed by atoms with van der Waals surface area (Å²) in [6.45, 7) is 3.95. The third-order valence-corrected chi connectivity index (χ3v) is 4.04. The molecule has 0 bridgehead atoms. The number of aryl methyl sites for hydroxylation is 1. The van der Waals surface area contributed by atoms with Crippen molar-refractivity contribution in [1.82, 2.24) is 4.90 Å². The second-order valence-corrected chi connectivity index (χ2v) is 5.94. The zero-order valence-corrected chi connectivity index (χ0v) is 12.2. The SMILES string of the molecule is Cc1ccc(CN(C)CC2CCCCCC2=O)cc1. The van der Waals surface area contributed by atoms with Gasteiger partial charge in [-0.25, -0.2) is 0 Å². The lowest BCUT2D eigenvalue weighted by Gasteiger charge is -2.22. The Morgan fingerprint density at radius 3 is 2.63 bits per heavy atom. The van der Waals surface area contributed by atoms with Gasteiger partial charge in [0.15, 0.2) is 0 Å². The smallest absolute Gasteiger partial charge is 0.137 e. The number of hydrogen-bond donors (Lipinski definition) is 0. The summed E-state index contributed by atoms with van der Waals surface area (Å²) in [4.78, 5) is 14.3. The van der Waals surface area contributed by atoms with Gasteiger partial charge in [0.1, 0.15) is 5.78 Å². The summed E-state index contributed by atoms with van der Waals surface area (Å²) >= 11 is 0. The van der Waals surface area contributed by atoms with E-state index in [2.05, 4.69) is 43.1 Å². The van der Waals surface area contributed by atoms with Crippen LogP contribution < -0.4 is 0 Å². The topological polar surface area (TPSA) is 20.3 Å². The van der Waals surface area contributed by atoms with Crippen LogP contribution in [0.15, 0.2) is 24.3 Å². The number of rotatable bonds is 4. The summed E-state index contributed by atoms with van der Waals surface area (Å²) in [6, 6.07) is 8.67. The first-order valence-corrected chi connectivity index (χ1v) is 7.42. The first-order chi connectivity index (χ1) is 9.15. The predicted molar refractivity (Wildman–Crippen MR) is 79.1 cm³/mol. The van der Waals surface area contributed by atoms with Gasteiger partial charge < -0.3 is 4.90 Å². The molecule has 0 radical (unpaired) electrons. The molecule has 0 aliphatic heterocycles. The Hall–Kier alpha value is -1.15. The number of ketones is 1. The number of hydrogen-bond acceptors (Lipinski definition) is 2. The lowest BCUT2D eigenvalue weighted by molar-refractivity contribution is -0.123. The molecule has 0 heterocycles. The van der Waals surface area contributed by atoms with Crippen LogP contribution in [-0.2, 0) is 11.3 Å². The molecule has 1 aromatic rings.